The van der Waals surface area contributed by atoms with Crippen molar-refractivity contribution in [3.05, 3.63) is 35.0 Å². The molecule has 1 amide bonds. The lowest BCUT2D eigenvalue weighted by Gasteiger charge is -2.02. The standard InChI is InChI=1S/C11H12ClN3O2/c12-11-7-3-1-2-4-8(7)15-9(11)5-14-17-6-10(13)16/h1-4,14-15H,5-6H2,(H2,13,16). The molecule has 0 aliphatic heterocycles. The van der Waals surface area contributed by atoms with E-state index in [1.54, 1.807) is 0 Å². The zero-order valence-electron chi connectivity index (χ0n) is 9.00. The number of rotatable bonds is 5. The van der Waals surface area contributed by atoms with Crippen molar-refractivity contribution in [2.24, 2.45) is 5.73 Å². The zero-order valence-corrected chi connectivity index (χ0v) is 9.75. The van der Waals surface area contributed by atoms with Gasteiger partial charge in [0.2, 0.25) is 5.91 Å². The SMILES string of the molecule is NC(=O)CONCc1[nH]c2ccccc2c1Cl. The third kappa shape index (κ3) is 2.76. The Morgan fingerprint density at radius 1 is 1.47 bits per heavy atom. The van der Waals surface area contributed by atoms with Gasteiger partial charge in [0.25, 0.3) is 0 Å². The summed E-state index contributed by atoms with van der Waals surface area (Å²) in [7, 11) is 0. The third-order valence-electron chi connectivity index (χ3n) is 2.28. The molecule has 2 aromatic rings. The Kier molecular flexibility index (Phi) is 3.63. The molecule has 90 valence electrons. The number of carbonyl (C=O) groups is 1. The summed E-state index contributed by atoms with van der Waals surface area (Å²) in [6.07, 6.45) is 0. The molecule has 0 fully saturated rings. The Morgan fingerprint density at radius 3 is 2.94 bits per heavy atom. The van der Waals surface area contributed by atoms with Crippen LogP contribution in [0.1, 0.15) is 5.69 Å². The second-order valence-electron chi connectivity index (χ2n) is 3.54. The van der Waals surface area contributed by atoms with E-state index < -0.39 is 5.91 Å². The number of hydrogen-bond acceptors (Lipinski definition) is 3. The Labute approximate surface area is 103 Å². The Hall–Kier alpha value is -1.56. The minimum Gasteiger partial charge on any atom is -0.368 e. The van der Waals surface area contributed by atoms with Gasteiger partial charge in [0.15, 0.2) is 0 Å². The first-order valence-electron chi connectivity index (χ1n) is 5.06. The maximum atomic E-state index is 10.4. The Balaban J connectivity index is 2.04. The van der Waals surface area contributed by atoms with Crippen molar-refractivity contribution in [1.82, 2.24) is 10.5 Å². The molecule has 17 heavy (non-hydrogen) atoms. The molecule has 0 saturated heterocycles. The number of H-pyrrole nitrogens is 1. The summed E-state index contributed by atoms with van der Waals surface area (Å²) in [5.74, 6) is -0.528. The summed E-state index contributed by atoms with van der Waals surface area (Å²) < 4.78 is 0. The average Bonchev–Trinajstić information content (AvgIpc) is 2.63. The van der Waals surface area contributed by atoms with E-state index in [0.717, 1.165) is 16.6 Å². The lowest BCUT2D eigenvalue weighted by molar-refractivity contribution is -0.125. The van der Waals surface area contributed by atoms with Crippen LogP contribution in [0.2, 0.25) is 5.02 Å². The van der Waals surface area contributed by atoms with Gasteiger partial charge in [-0.05, 0) is 6.07 Å². The second kappa shape index (κ2) is 5.18. The van der Waals surface area contributed by atoms with E-state index in [9.17, 15) is 4.79 Å². The highest BCUT2D eigenvalue weighted by molar-refractivity contribution is 6.36. The molecule has 0 radical (unpaired) electrons. The molecule has 0 aliphatic rings. The molecule has 0 spiro atoms. The minimum absolute atomic E-state index is 0.169. The number of nitrogens with one attached hydrogen (secondary N) is 2. The van der Waals surface area contributed by atoms with Crippen LogP contribution in [0.15, 0.2) is 24.3 Å². The van der Waals surface area contributed by atoms with Crippen molar-refractivity contribution in [3.63, 3.8) is 0 Å². The number of fused-ring (bicyclic) bond motifs is 1. The van der Waals surface area contributed by atoms with Gasteiger partial charge in [-0.25, -0.2) is 0 Å². The van der Waals surface area contributed by atoms with Crippen LogP contribution in [0, 0.1) is 0 Å². The number of carbonyl (C=O) groups excluding carboxylic acids is 1. The van der Waals surface area contributed by atoms with Crippen molar-refractivity contribution in [1.29, 1.82) is 0 Å². The summed E-state index contributed by atoms with van der Waals surface area (Å²) in [4.78, 5) is 18.4. The number of aromatic amines is 1. The summed E-state index contributed by atoms with van der Waals surface area (Å²) in [6.45, 7) is 0.207. The molecule has 1 aromatic carbocycles. The summed E-state index contributed by atoms with van der Waals surface area (Å²) in [6, 6.07) is 7.72. The number of aromatic nitrogens is 1. The van der Waals surface area contributed by atoms with Crippen molar-refractivity contribution in [2.75, 3.05) is 6.61 Å². The number of halogens is 1. The van der Waals surface area contributed by atoms with Crippen LogP contribution in [0.25, 0.3) is 10.9 Å². The van der Waals surface area contributed by atoms with E-state index in [1.165, 1.54) is 0 Å². The van der Waals surface area contributed by atoms with E-state index in [2.05, 4.69) is 10.5 Å². The fraction of sp³-hybridized carbons (Fsp3) is 0.182. The largest absolute Gasteiger partial charge is 0.368 e. The predicted molar refractivity (Wildman–Crippen MR) is 65.3 cm³/mol. The lowest BCUT2D eigenvalue weighted by atomic mass is 10.2. The highest BCUT2D eigenvalue weighted by Crippen LogP contribution is 2.26. The third-order valence-corrected chi connectivity index (χ3v) is 2.71. The maximum absolute atomic E-state index is 10.4. The van der Waals surface area contributed by atoms with E-state index in [-0.39, 0.29) is 6.61 Å². The fourth-order valence-electron chi connectivity index (χ4n) is 1.53. The minimum atomic E-state index is -0.528. The van der Waals surface area contributed by atoms with Gasteiger partial charge in [0.05, 0.1) is 17.3 Å². The highest BCUT2D eigenvalue weighted by atomic mass is 35.5. The molecular formula is C11H12ClN3O2. The topological polar surface area (TPSA) is 80.1 Å². The first kappa shape index (κ1) is 11.9. The van der Waals surface area contributed by atoms with E-state index in [0.29, 0.717) is 11.6 Å². The number of benzene rings is 1. The number of nitrogens with two attached hydrogens (primary N) is 1. The molecule has 0 unspecified atom stereocenters. The summed E-state index contributed by atoms with van der Waals surface area (Å²) in [5.41, 5.74) is 9.31. The zero-order chi connectivity index (χ0) is 12.3. The Bertz CT molecular complexity index is 538. The molecule has 0 saturated carbocycles. The highest BCUT2D eigenvalue weighted by Gasteiger charge is 2.08. The van der Waals surface area contributed by atoms with Crippen LogP contribution in [-0.2, 0) is 16.2 Å². The smallest absolute Gasteiger partial charge is 0.245 e. The maximum Gasteiger partial charge on any atom is 0.245 e. The fourth-order valence-corrected chi connectivity index (χ4v) is 1.81. The second-order valence-corrected chi connectivity index (χ2v) is 3.92. The van der Waals surface area contributed by atoms with Gasteiger partial charge in [-0.2, -0.15) is 5.48 Å². The molecule has 0 aliphatic carbocycles. The quantitative estimate of drug-likeness (QED) is 0.555. The van der Waals surface area contributed by atoms with Gasteiger partial charge in [-0.1, -0.05) is 29.8 Å². The first-order chi connectivity index (χ1) is 8.18. The molecule has 1 aromatic heterocycles. The van der Waals surface area contributed by atoms with Crippen LogP contribution in [0.3, 0.4) is 0 Å². The van der Waals surface area contributed by atoms with Gasteiger partial charge in [-0.3, -0.25) is 9.63 Å². The first-order valence-corrected chi connectivity index (χ1v) is 5.44. The Morgan fingerprint density at radius 2 is 2.24 bits per heavy atom. The molecule has 6 heteroatoms. The molecule has 0 atom stereocenters. The normalized spacial score (nSPS) is 10.9. The van der Waals surface area contributed by atoms with Crippen molar-refractivity contribution >= 4 is 28.4 Å². The van der Waals surface area contributed by atoms with Gasteiger partial charge in [-0.15, -0.1) is 0 Å². The number of para-hydroxylation sites is 1. The molecule has 5 nitrogen and oxygen atoms in total. The number of hydrogen-bond donors (Lipinski definition) is 3. The predicted octanol–water partition coefficient (Wildman–Crippen LogP) is 1.33. The van der Waals surface area contributed by atoms with Gasteiger partial charge in [0, 0.05) is 10.9 Å². The number of primary amides is 1. The van der Waals surface area contributed by atoms with Crippen LogP contribution in [0.4, 0.5) is 0 Å². The van der Waals surface area contributed by atoms with Gasteiger partial charge >= 0.3 is 0 Å². The average molecular weight is 254 g/mol. The van der Waals surface area contributed by atoms with Gasteiger partial charge in [0.1, 0.15) is 6.61 Å². The van der Waals surface area contributed by atoms with E-state index >= 15 is 0 Å². The van der Waals surface area contributed by atoms with Crippen LogP contribution in [-0.4, -0.2) is 17.5 Å². The van der Waals surface area contributed by atoms with Crippen LogP contribution in [0.5, 0.6) is 0 Å². The van der Waals surface area contributed by atoms with E-state index in [1.807, 2.05) is 24.3 Å². The van der Waals surface area contributed by atoms with Crippen molar-refractivity contribution in [3.8, 4) is 0 Å². The van der Waals surface area contributed by atoms with Crippen molar-refractivity contribution in [2.45, 2.75) is 6.54 Å². The number of amides is 1. The molecular weight excluding hydrogens is 242 g/mol. The monoisotopic (exact) mass is 253 g/mol. The summed E-state index contributed by atoms with van der Waals surface area (Å²) >= 11 is 6.18. The van der Waals surface area contributed by atoms with Crippen LogP contribution < -0.4 is 11.2 Å². The molecule has 0 bridgehead atoms. The van der Waals surface area contributed by atoms with Crippen LogP contribution >= 0.6 is 11.6 Å². The molecule has 4 N–H and O–H groups in total. The van der Waals surface area contributed by atoms with E-state index in [4.69, 9.17) is 22.2 Å². The number of hydroxylamine groups is 1. The summed E-state index contributed by atoms with van der Waals surface area (Å²) in [5, 5.41) is 1.61. The van der Waals surface area contributed by atoms with Gasteiger partial charge < -0.3 is 10.7 Å². The molecule has 1 heterocycles. The molecule has 2 rings (SSSR count). The lowest BCUT2D eigenvalue weighted by Crippen LogP contribution is -2.24. The van der Waals surface area contributed by atoms with Crippen molar-refractivity contribution < 1.29 is 9.63 Å².